The highest BCUT2D eigenvalue weighted by atomic mass is 19.1. The summed E-state index contributed by atoms with van der Waals surface area (Å²) in [6.45, 7) is 0.578. The fourth-order valence-corrected chi connectivity index (χ4v) is 2.32. The number of halogens is 1. The van der Waals surface area contributed by atoms with Crippen molar-refractivity contribution in [3.63, 3.8) is 0 Å². The molecule has 1 aliphatic heterocycles. The quantitative estimate of drug-likeness (QED) is 0.822. The largest absolute Gasteiger partial charge is 0.486 e. The Morgan fingerprint density at radius 2 is 1.68 bits per heavy atom. The lowest BCUT2D eigenvalue weighted by Crippen LogP contribution is -2.45. The van der Waals surface area contributed by atoms with Crippen molar-refractivity contribution in [1.29, 1.82) is 0 Å². The summed E-state index contributed by atoms with van der Waals surface area (Å²) >= 11 is 0. The van der Waals surface area contributed by atoms with Crippen LogP contribution in [0.2, 0.25) is 0 Å². The van der Waals surface area contributed by atoms with E-state index in [1.165, 1.54) is 24.3 Å². The fourth-order valence-electron chi connectivity index (χ4n) is 2.32. The van der Waals surface area contributed by atoms with E-state index in [1.54, 1.807) is 12.1 Å². The molecule has 2 amide bonds. The van der Waals surface area contributed by atoms with Crippen molar-refractivity contribution >= 4 is 11.8 Å². The third kappa shape index (κ3) is 4.47. The number of amides is 2. The second-order valence-electron chi connectivity index (χ2n) is 5.52. The molecule has 1 aliphatic rings. The summed E-state index contributed by atoms with van der Waals surface area (Å²) in [5, 5.41) is 4.99. The van der Waals surface area contributed by atoms with Crippen LogP contribution in [-0.2, 0) is 16.1 Å². The number of hydrogen-bond donors (Lipinski definition) is 2. The van der Waals surface area contributed by atoms with E-state index in [4.69, 9.17) is 9.47 Å². The number of fused-ring (bicyclic) bond motifs is 1. The van der Waals surface area contributed by atoms with Crippen LogP contribution < -0.4 is 20.1 Å². The Hall–Kier alpha value is -3.09. The maximum Gasteiger partial charge on any atom is 0.309 e. The summed E-state index contributed by atoms with van der Waals surface area (Å²) in [5.41, 5.74) is 0.697. The van der Waals surface area contributed by atoms with Crippen LogP contribution in [-0.4, -0.2) is 31.1 Å². The molecule has 1 unspecified atom stereocenters. The minimum atomic E-state index is -0.763. The molecule has 0 bridgehead atoms. The van der Waals surface area contributed by atoms with Gasteiger partial charge in [0.25, 0.3) is 0 Å². The summed E-state index contributed by atoms with van der Waals surface area (Å²) < 4.78 is 24.0. The highest BCUT2D eigenvalue weighted by molar-refractivity contribution is 6.35. The zero-order chi connectivity index (χ0) is 17.6. The molecular formula is C18H17FN2O4. The van der Waals surface area contributed by atoms with Gasteiger partial charge in [0, 0.05) is 6.54 Å². The van der Waals surface area contributed by atoms with Gasteiger partial charge in [-0.1, -0.05) is 24.3 Å². The summed E-state index contributed by atoms with van der Waals surface area (Å²) in [5.74, 6) is -0.619. The van der Waals surface area contributed by atoms with Crippen LogP contribution in [0.1, 0.15) is 5.56 Å². The van der Waals surface area contributed by atoms with Crippen molar-refractivity contribution in [2.75, 3.05) is 13.2 Å². The Bertz CT molecular complexity index is 764. The van der Waals surface area contributed by atoms with Gasteiger partial charge in [0.15, 0.2) is 11.5 Å². The van der Waals surface area contributed by atoms with Crippen LogP contribution in [0.25, 0.3) is 0 Å². The molecule has 1 heterocycles. The molecule has 0 saturated carbocycles. The molecule has 2 aromatic rings. The SMILES string of the molecule is O=C(NCc1ccc(F)cc1)C(=O)NCC1COc2ccccc2O1. The van der Waals surface area contributed by atoms with Crippen molar-refractivity contribution in [2.24, 2.45) is 0 Å². The first-order valence-electron chi connectivity index (χ1n) is 7.81. The van der Waals surface area contributed by atoms with Crippen LogP contribution in [0, 0.1) is 5.82 Å². The molecule has 3 rings (SSSR count). The zero-order valence-corrected chi connectivity index (χ0v) is 13.3. The molecule has 2 aromatic carbocycles. The summed E-state index contributed by atoms with van der Waals surface area (Å²) in [7, 11) is 0. The number of carbonyl (C=O) groups excluding carboxylic acids is 2. The monoisotopic (exact) mass is 344 g/mol. The van der Waals surface area contributed by atoms with Gasteiger partial charge in [0.2, 0.25) is 0 Å². The van der Waals surface area contributed by atoms with Crippen molar-refractivity contribution < 1.29 is 23.5 Å². The van der Waals surface area contributed by atoms with Gasteiger partial charge in [-0.3, -0.25) is 9.59 Å². The number of rotatable bonds is 4. The van der Waals surface area contributed by atoms with Crippen LogP contribution >= 0.6 is 0 Å². The van der Waals surface area contributed by atoms with Gasteiger partial charge < -0.3 is 20.1 Å². The van der Waals surface area contributed by atoms with Crippen molar-refractivity contribution in [1.82, 2.24) is 10.6 Å². The Balaban J connectivity index is 1.43. The molecule has 0 aromatic heterocycles. The van der Waals surface area contributed by atoms with Gasteiger partial charge in [-0.25, -0.2) is 4.39 Å². The molecule has 0 spiro atoms. The van der Waals surface area contributed by atoms with E-state index in [2.05, 4.69) is 10.6 Å². The van der Waals surface area contributed by atoms with Crippen LogP contribution in [0.15, 0.2) is 48.5 Å². The Kier molecular flexibility index (Phi) is 5.13. The lowest BCUT2D eigenvalue weighted by atomic mass is 10.2. The molecule has 0 fully saturated rings. The van der Waals surface area contributed by atoms with Crippen LogP contribution in [0.4, 0.5) is 4.39 Å². The maximum absolute atomic E-state index is 12.8. The van der Waals surface area contributed by atoms with Crippen LogP contribution in [0.3, 0.4) is 0 Å². The molecule has 25 heavy (non-hydrogen) atoms. The zero-order valence-electron chi connectivity index (χ0n) is 13.3. The Morgan fingerprint density at radius 1 is 1.00 bits per heavy atom. The lowest BCUT2D eigenvalue weighted by molar-refractivity contribution is -0.139. The minimum absolute atomic E-state index is 0.142. The Labute approximate surface area is 143 Å². The molecule has 6 nitrogen and oxygen atoms in total. The fraction of sp³-hybridized carbons (Fsp3) is 0.222. The molecule has 0 radical (unpaired) electrons. The Morgan fingerprint density at radius 3 is 2.44 bits per heavy atom. The molecule has 0 aliphatic carbocycles. The van der Waals surface area contributed by atoms with Gasteiger partial charge in [0.05, 0.1) is 6.54 Å². The number of ether oxygens (including phenoxy) is 2. The molecule has 1 atom stereocenters. The van der Waals surface area contributed by atoms with Crippen LogP contribution in [0.5, 0.6) is 11.5 Å². The maximum atomic E-state index is 12.8. The van der Waals surface area contributed by atoms with E-state index < -0.39 is 11.8 Å². The first-order valence-corrected chi connectivity index (χ1v) is 7.81. The summed E-state index contributed by atoms with van der Waals surface area (Å²) in [6.07, 6.45) is -0.372. The summed E-state index contributed by atoms with van der Waals surface area (Å²) in [6, 6.07) is 12.9. The van der Waals surface area contributed by atoms with Gasteiger partial charge in [-0.15, -0.1) is 0 Å². The van der Waals surface area contributed by atoms with Gasteiger partial charge >= 0.3 is 11.8 Å². The first kappa shape index (κ1) is 16.8. The molecule has 130 valence electrons. The lowest BCUT2D eigenvalue weighted by Gasteiger charge is -2.26. The van der Waals surface area contributed by atoms with E-state index in [9.17, 15) is 14.0 Å². The average molecular weight is 344 g/mol. The predicted molar refractivity (Wildman–Crippen MR) is 87.6 cm³/mol. The minimum Gasteiger partial charge on any atom is -0.486 e. The third-order valence-electron chi connectivity index (χ3n) is 3.63. The smallest absolute Gasteiger partial charge is 0.309 e. The van der Waals surface area contributed by atoms with Crippen molar-refractivity contribution in [3.8, 4) is 11.5 Å². The molecule has 2 N–H and O–H groups in total. The van der Waals surface area contributed by atoms with Crippen molar-refractivity contribution in [2.45, 2.75) is 12.6 Å². The third-order valence-corrected chi connectivity index (χ3v) is 3.63. The second kappa shape index (κ2) is 7.65. The van der Waals surface area contributed by atoms with E-state index in [0.29, 0.717) is 17.1 Å². The van der Waals surface area contributed by atoms with Gasteiger partial charge in [-0.2, -0.15) is 0 Å². The average Bonchev–Trinajstić information content (AvgIpc) is 2.65. The predicted octanol–water partition coefficient (Wildman–Crippen LogP) is 1.40. The van der Waals surface area contributed by atoms with E-state index in [1.807, 2.05) is 12.1 Å². The van der Waals surface area contributed by atoms with E-state index in [0.717, 1.165) is 0 Å². The highest BCUT2D eigenvalue weighted by Crippen LogP contribution is 2.30. The summed E-state index contributed by atoms with van der Waals surface area (Å²) in [4.78, 5) is 23.6. The molecular weight excluding hydrogens is 327 g/mol. The standard InChI is InChI=1S/C18H17FN2O4/c19-13-7-5-12(6-8-13)9-20-17(22)18(23)21-10-14-11-24-15-3-1-2-4-16(15)25-14/h1-8,14H,9-11H2,(H,20,22)(H,21,23). The van der Waals surface area contributed by atoms with Gasteiger partial charge in [0.1, 0.15) is 18.5 Å². The molecule has 7 heteroatoms. The highest BCUT2D eigenvalue weighted by Gasteiger charge is 2.22. The number of benzene rings is 2. The van der Waals surface area contributed by atoms with E-state index in [-0.39, 0.29) is 31.6 Å². The number of nitrogens with one attached hydrogen (secondary N) is 2. The first-order chi connectivity index (χ1) is 12.1. The normalized spacial score (nSPS) is 15.3. The number of hydrogen-bond acceptors (Lipinski definition) is 4. The van der Waals surface area contributed by atoms with E-state index >= 15 is 0 Å². The topological polar surface area (TPSA) is 76.7 Å². The van der Waals surface area contributed by atoms with Gasteiger partial charge in [-0.05, 0) is 29.8 Å². The van der Waals surface area contributed by atoms with Crippen molar-refractivity contribution in [3.05, 3.63) is 59.9 Å². The second-order valence-corrected chi connectivity index (χ2v) is 5.52. The molecule has 0 saturated heterocycles. The number of carbonyl (C=O) groups is 2. The number of para-hydroxylation sites is 2.